The first kappa shape index (κ1) is 30.7. The molecule has 4 aromatic carbocycles. The summed E-state index contributed by atoms with van der Waals surface area (Å²) in [6.07, 6.45) is 1.47. The molecule has 7 nitrogen and oxygen atoms in total. The summed E-state index contributed by atoms with van der Waals surface area (Å²) in [4.78, 5) is 44.0. The predicted octanol–water partition coefficient (Wildman–Crippen LogP) is 7.74. The minimum absolute atomic E-state index is 0.0238. The number of nitrogens with one attached hydrogen (secondary N) is 3. The van der Waals surface area contributed by atoms with Crippen LogP contribution in [0.15, 0.2) is 119 Å². The van der Waals surface area contributed by atoms with Crippen LogP contribution in [0.25, 0.3) is 17.3 Å². The molecule has 0 atom stereocenters. The Morgan fingerprint density at radius 1 is 0.886 bits per heavy atom. The zero-order valence-electron chi connectivity index (χ0n) is 22.9. The number of aromatic nitrogens is 1. The maximum atomic E-state index is 13.4. The van der Waals surface area contributed by atoms with Crippen LogP contribution in [0.1, 0.15) is 15.9 Å². The van der Waals surface area contributed by atoms with E-state index in [9.17, 15) is 18.8 Å². The number of thiazole rings is 1. The smallest absolute Gasteiger partial charge is 0.272 e. The van der Waals surface area contributed by atoms with E-state index in [1.165, 1.54) is 53.4 Å². The van der Waals surface area contributed by atoms with Gasteiger partial charge in [-0.1, -0.05) is 60.1 Å². The second-order valence-corrected chi connectivity index (χ2v) is 11.6. The molecular formula is C33H24ClFN4O3S2. The van der Waals surface area contributed by atoms with Gasteiger partial charge >= 0.3 is 0 Å². The molecule has 5 rings (SSSR count). The third-order valence-corrected chi connectivity index (χ3v) is 8.07. The number of amides is 3. The van der Waals surface area contributed by atoms with E-state index in [1.54, 1.807) is 60.7 Å². The van der Waals surface area contributed by atoms with Crippen molar-refractivity contribution in [2.45, 2.75) is 4.90 Å². The average Bonchev–Trinajstić information content (AvgIpc) is 3.50. The number of halogens is 2. The fourth-order valence-electron chi connectivity index (χ4n) is 3.92. The molecule has 0 aliphatic rings. The summed E-state index contributed by atoms with van der Waals surface area (Å²) in [6.45, 7) is 0. The number of benzene rings is 4. The van der Waals surface area contributed by atoms with Crippen molar-refractivity contribution in [3.8, 4) is 11.3 Å². The molecule has 11 heteroatoms. The minimum Gasteiger partial charge on any atom is -0.321 e. The number of nitrogens with zero attached hydrogens (tertiary/aromatic N) is 1. The lowest BCUT2D eigenvalue weighted by atomic mass is 10.1. The van der Waals surface area contributed by atoms with E-state index in [1.807, 2.05) is 23.6 Å². The number of hydrogen-bond donors (Lipinski definition) is 3. The van der Waals surface area contributed by atoms with Crippen LogP contribution in [-0.4, -0.2) is 28.5 Å². The number of carbonyl (C=O) groups is 3. The van der Waals surface area contributed by atoms with Gasteiger partial charge in [-0.25, -0.2) is 9.37 Å². The predicted molar refractivity (Wildman–Crippen MR) is 175 cm³/mol. The van der Waals surface area contributed by atoms with Crippen molar-refractivity contribution in [1.82, 2.24) is 10.3 Å². The van der Waals surface area contributed by atoms with E-state index >= 15 is 0 Å². The van der Waals surface area contributed by atoms with Gasteiger partial charge in [-0.3, -0.25) is 14.4 Å². The molecule has 5 aromatic rings. The van der Waals surface area contributed by atoms with Gasteiger partial charge in [0.05, 0.1) is 11.4 Å². The highest BCUT2D eigenvalue weighted by Gasteiger charge is 2.16. The van der Waals surface area contributed by atoms with Crippen LogP contribution in [0, 0.1) is 5.82 Å². The van der Waals surface area contributed by atoms with Gasteiger partial charge in [-0.15, -0.1) is 23.1 Å². The highest BCUT2D eigenvalue weighted by Crippen LogP contribution is 2.27. The van der Waals surface area contributed by atoms with E-state index in [4.69, 9.17) is 11.6 Å². The van der Waals surface area contributed by atoms with Gasteiger partial charge in [-0.2, -0.15) is 0 Å². The maximum Gasteiger partial charge on any atom is 0.272 e. The minimum atomic E-state index is -0.571. The van der Waals surface area contributed by atoms with Crippen molar-refractivity contribution >= 4 is 69.3 Å². The summed E-state index contributed by atoms with van der Waals surface area (Å²) in [5.74, 6) is -1.56. The Kier molecular flexibility index (Phi) is 10.2. The molecule has 0 spiro atoms. The Morgan fingerprint density at radius 2 is 1.64 bits per heavy atom. The van der Waals surface area contributed by atoms with E-state index in [-0.39, 0.29) is 17.4 Å². The van der Waals surface area contributed by atoms with Crippen molar-refractivity contribution < 1.29 is 18.8 Å². The second-order valence-electron chi connectivity index (χ2n) is 9.29. The number of hydrogen-bond acceptors (Lipinski definition) is 6. The largest absolute Gasteiger partial charge is 0.321 e. The summed E-state index contributed by atoms with van der Waals surface area (Å²) in [7, 11) is 0. The van der Waals surface area contributed by atoms with E-state index in [0.717, 1.165) is 16.2 Å². The summed E-state index contributed by atoms with van der Waals surface area (Å²) in [5.41, 5.74) is 2.98. The highest BCUT2D eigenvalue weighted by molar-refractivity contribution is 8.00. The molecular weight excluding hydrogens is 619 g/mol. The molecule has 0 bridgehead atoms. The Hall–Kier alpha value is -4.77. The molecule has 0 aliphatic heterocycles. The summed E-state index contributed by atoms with van der Waals surface area (Å²) >= 11 is 8.58. The van der Waals surface area contributed by atoms with Crippen LogP contribution >= 0.6 is 34.7 Å². The van der Waals surface area contributed by atoms with E-state index in [2.05, 4.69) is 20.9 Å². The lowest BCUT2D eigenvalue weighted by molar-refractivity contribution is -0.114. The van der Waals surface area contributed by atoms with Gasteiger partial charge in [0.1, 0.15) is 11.5 Å². The monoisotopic (exact) mass is 642 g/mol. The summed E-state index contributed by atoms with van der Waals surface area (Å²) < 4.78 is 13.4. The molecule has 0 saturated carbocycles. The van der Waals surface area contributed by atoms with E-state index < -0.39 is 17.6 Å². The molecule has 1 heterocycles. The Bertz CT molecular complexity index is 1810. The average molecular weight is 643 g/mol. The van der Waals surface area contributed by atoms with E-state index in [0.29, 0.717) is 27.0 Å². The summed E-state index contributed by atoms with van der Waals surface area (Å²) in [5, 5.41) is 11.2. The van der Waals surface area contributed by atoms with Crippen LogP contribution < -0.4 is 16.0 Å². The van der Waals surface area contributed by atoms with Crippen LogP contribution in [0.3, 0.4) is 0 Å². The third-order valence-electron chi connectivity index (χ3n) is 6.06. The van der Waals surface area contributed by atoms with Gasteiger partial charge in [0.2, 0.25) is 5.91 Å². The standard InChI is InChI=1S/C33H24ClFN4O3S2/c34-24-13-11-22(12-14-24)29-19-44-33(38-29)39-30(40)20-43-27-8-4-7-26(18-27)36-32(42)28(17-21-9-15-25(35)16-10-21)37-31(41)23-5-2-1-3-6-23/h1-19H,20H2,(H,36,42)(H,37,41)(H,38,39,40)/b28-17-. The maximum absolute atomic E-state index is 13.4. The number of carbonyl (C=O) groups excluding carboxylic acids is 3. The number of thioether (sulfide) groups is 1. The quantitative estimate of drug-likeness (QED) is 0.107. The first-order valence-electron chi connectivity index (χ1n) is 13.2. The topological polar surface area (TPSA) is 100 Å². The fourth-order valence-corrected chi connectivity index (χ4v) is 5.54. The van der Waals surface area contributed by atoms with Gasteiger partial charge in [-0.05, 0) is 66.2 Å². The van der Waals surface area contributed by atoms with Crippen molar-refractivity contribution in [1.29, 1.82) is 0 Å². The van der Waals surface area contributed by atoms with Gasteiger partial charge in [0, 0.05) is 32.1 Å². The van der Waals surface area contributed by atoms with Crippen molar-refractivity contribution in [2.24, 2.45) is 0 Å². The Morgan fingerprint density at radius 3 is 2.39 bits per heavy atom. The molecule has 220 valence electrons. The fraction of sp³-hybridized carbons (Fsp3) is 0.0303. The van der Waals surface area contributed by atoms with Gasteiger partial charge < -0.3 is 16.0 Å². The Balaban J connectivity index is 1.22. The van der Waals surface area contributed by atoms with Crippen LogP contribution in [-0.2, 0) is 9.59 Å². The first-order valence-corrected chi connectivity index (χ1v) is 15.5. The SMILES string of the molecule is O=C(CSc1cccc(NC(=O)/C(=C/c2ccc(F)cc2)NC(=O)c2ccccc2)c1)Nc1nc(-c2ccc(Cl)cc2)cs1. The Labute approximate surface area is 266 Å². The molecule has 3 N–H and O–H groups in total. The normalized spacial score (nSPS) is 11.1. The molecule has 44 heavy (non-hydrogen) atoms. The molecule has 0 fully saturated rings. The number of anilines is 2. The third kappa shape index (κ3) is 8.63. The first-order chi connectivity index (χ1) is 21.3. The number of rotatable bonds is 10. The molecule has 0 unspecified atom stereocenters. The molecule has 0 saturated heterocycles. The van der Waals surface area contributed by atoms with Crippen molar-refractivity contribution in [3.63, 3.8) is 0 Å². The zero-order chi connectivity index (χ0) is 30.9. The lowest BCUT2D eigenvalue weighted by Gasteiger charge is -2.12. The molecule has 0 aliphatic carbocycles. The molecule has 3 amide bonds. The van der Waals surface area contributed by atoms with Crippen LogP contribution in [0.5, 0.6) is 0 Å². The highest BCUT2D eigenvalue weighted by atomic mass is 35.5. The zero-order valence-corrected chi connectivity index (χ0v) is 25.3. The summed E-state index contributed by atoms with van der Waals surface area (Å²) in [6, 6.07) is 28.3. The van der Waals surface area contributed by atoms with Crippen molar-refractivity contribution in [2.75, 3.05) is 16.4 Å². The van der Waals surface area contributed by atoms with Crippen LogP contribution in [0.4, 0.5) is 15.2 Å². The molecule has 0 radical (unpaired) electrons. The lowest BCUT2D eigenvalue weighted by Crippen LogP contribution is -2.30. The second kappa shape index (κ2) is 14.6. The van der Waals surface area contributed by atoms with Crippen LogP contribution in [0.2, 0.25) is 5.02 Å². The van der Waals surface area contributed by atoms with Gasteiger partial charge in [0.15, 0.2) is 5.13 Å². The molecule has 1 aromatic heterocycles. The van der Waals surface area contributed by atoms with Gasteiger partial charge in [0.25, 0.3) is 11.8 Å². The van der Waals surface area contributed by atoms with Crippen molar-refractivity contribution in [3.05, 3.63) is 136 Å².